The maximum atomic E-state index is 14.9. The minimum Gasteiger partial charge on any atom is -0.491 e. The van der Waals surface area contributed by atoms with Crippen LogP contribution >= 0.6 is 0 Å². The molecule has 0 aliphatic carbocycles. The standard InChI is InChI=1S/C27H27F3O3/c1-3-5-25-32-15-20(16-33-25)21-11-10-19(14-23(21)28)17-6-8-18(9-7-17)22-12-13-24(31-4-2)27(30)26(22)29/h6-14,20,25H,3-5,15-16H2,1-2H3. The molecule has 0 aromatic heterocycles. The van der Waals surface area contributed by atoms with Gasteiger partial charge in [0.25, 0.3) is 0 Å². The maximum absolute atomic E-state index is 14.9. The smallest absolute Gasteiger partial charge is 0.201 e. The summed E-state index contributed by atoms with van der Waals surface area (Å²) in [4.78, 5) is 0. The van der Waals surface area contributed by atoms with Crippen molar-refractivity contribution in [2.24, 2.45) is 0 Å². The zero-order valence-corrected chi connectivity index (χ0v) is 18.7. The Kier molecular flexibility index (Phi) is 7.36. The minimum atomic E-state index is -1.01. The average Bonchev–Trinajstić information content (AvgIpc) is 2.83. The van der Waals surface area contributed by atoms with Crippen LogP contribution in [0.1, 0.15) is 38.2 Å². The van der Waals surface area contributed by atoms with Crippen molar-refractivity contribution in [2.45, 2.75) is 38.9 Å². The molecule has 3 nitrogen and oxygen atoms in total. The summed E-state index contributed by atoms with van der Waals surface area (Å²) < 4.78 is 60.1. The average molecular weight is 457 g/mol. The molecule has 0 amide bonds. The predicted octanol–water partition coefficient (Wildman–Crippen LogP) is 7.09. The largest absolute Gasteiger partial charge is 0.491 e. The molecular formula is C27H27F3O3. The van der Waals surface area contributed by atoms with Crippen LogP contribution in [0.15, 0.2) is 54.6 Å². The lowest BCUT2D eigenvalue weighted by Crippen LogP contribution is -2.31. The zero-order valence-electron chi connectivity index (χ0n) is 18.7. The van der Waals surface area contributed by atoms with E-state index in [0.717, 1.165) is 18.4 Å². The number of hydrogen-bond acceptors (Lipinski definition) is 3. The Labute approximate surface area is 192 Å². The van der Waals surface area contributed by atoms with Gasteiger partial charge in [0.05, 0.1) is 19.8 Å². The minimum absolute atomic E-state index is 0.111. The predicted molar refractivity (Wildman–Crippen MR) is 122 cm³/mol. The van der Waals surface area contributed by atoms with Crippen LogP contribution in [-0.4, -0.2) is 26.1 Å². The first-order valence-electron chi connectivity index (χ1n) is 11.3. The summed E-state index contributed by atoms with van der Waals surface area (Å²) >= 11 is 0. The first-order valence-corrected chi connectivity index (χ1v) is 11.3. The highest BCUT2D eigenvalue weighted by atomic mass is 19.2. The van der Waals surface area contributed by atoms with E-state index in [-0.39, 0.29) is 35.9 Å². The van der Waals surface area contributed by atoms with E-state index in [1.165, 1.54) is 18.2 Å². The van der Waals surface area contributed by atoms with Crippen molar-refractivity contribution in [1.29, 1.82) is 0 Å². The van der Waals surface area contributed by atoms with Crippen molar-refractivity contribution in [3.63, 3.8) is 0 Å². The number of hydrogen-bond donors (Lipinski definition) is 0. The van der Waals surface area contributed by atoms with Crippen molar-refractivity contribution >= 4 is 0 Å². The summed E-state index contributed by atoms with van der Waals surface area (Å²) in [5, 5.41) is 0. The van der Waals surface area contributed by atoms with Crippen molar-refractivity contribution in [2.75, 3.05) is 19.8 Å². The third kappa shape index (κ3) is 5.07. The molecule has 0 atom stereocenters. The zero-order chi connectivity index (χ0) is 23.4. The molecular weight excluding hydrogens is 429 g/mol. The van der Waals surface area contributed by atoms with Gasteiger partial charge in [0.15, 0.2) is 17.9 Å². The summed E-state index contributed by atoms with van der Waals surface area (Å²) in [6, 6.07) is 14.9. The fourth-order valence-corrected chi connectivity index (χ4v) is 4.03. The highest BCUT2D eigenvalue weighted by molar-refractivity contribution is 5.71. The monoisotopic (exact) mass is 456 g/mol. The lowest BCUT2D eigenvalue weighted by Gasteiger charge is -2.29. The second-order valence-corrected chi connectivity index (χ2v) is 8.07. The number of ether oxygens (including phenoxy) is 3. The molecule has 0 unspecified atom stereocenters. The van der Waals surface area contributed by atoms with Gasteiger partial charge in [0.2, 0.25) is 5.82 Å². The quantitative estimate of drug-likeness (QED) is 0.380. The molecule has 0 radical (unpaired) electrons. The Hall–Kier alpha value is -2.83. The van der Waals surface area contributed by atoms with Crippen LogP contribution in [0, 0.1) is 17.5 Å². The van der Waals surface area contributed by atoms with Crippen LogP contribution in [-0.2, 0) is 9.47 Å². The van der Waals surface area contributed by atoms with E-state index >= 15 is 0 Å². The van der Waals surface area contributed by atoms with Gasteiger partial charge in [-0.2, -0.15) is 4.39 Å². The molecule has 0 bridgehead atoms. The first-order chi connectivity index (χ1) is 16.0. The summed E-state index contributed by atoms with van der Waals surface area (Å²) in [6.07, 6.45) is 1.59. The van der Waals surface area contributed by atoms with E-state index in [2.05, 4.69) is 6.92 Å². The molecule has 1 fully saturated rings. The molecule has 4 rings (SSSR count). The van der Waals surface area contributed by atoms with E-state index in [9.17, 15) is 13.2 Å². The Morgan fingerprint density at radius 3 is 2.12 bits per heavy atom. The van der Waals surface area contributed by atoms with Gasteiger partial charge in [0.1, 0.15) is 5.82 Å². The molecule has 0 saturated carbocycles. The van der Waals surface area contributed by atoms with Crippen LogP contribution in [0.25, 0.3) is 22.3 Å². The summed E-state index contributed by atoms with van der Waals surface area (Å²) in [6.45, 7) is 4.88. The van der Waals surface area contributed by atoms with Gasteiger partial charge in [-0.05, 0) is 53.8 Å². The van der Waals surface area contributed by atoms with Crippen LogP contribution in [0.5, 0.6) is 5.75 Å². The molecule has 0 N–H and O–H groups in total. The third-order valence-corrected chi connectivity index (χ3v) is 5.81. The van der Waals surface area contributed by atoms with E-state index in [0.29, 0.717) is 29.9 Å². The van der Waals surface area contributed by atoms with Gasteiger partial charge in [-0.3, -0.25) is 0 Å². The Morgan fingerprint density at radius 1 is 0.818 bits per heavy atom. The molecule has 3 aromatic rings. The van der Waals surface area contributed by atoms with Gasteiger partial charge >= 0.3 is 0 Å². The Bertz CT molecular complexity index is 1090. The van der Waals surface area contributed by atoms with Gasteiger partial charge in [0, 0.05) is 11.5 Å². The molecule has 1 heterocycles. The van der Waals surface area contributed by atoms with Gasteiger partial charge in [-0.25, -0.2) is 8.78 Å². The number of benzene rings is 3. The first kappa shape index (κ1) is 23.3. The molecule has 174 valence electrons. The van der Waals surface area contributed by atoms with Gasteiger partial charge < -0.3 is 14.2 Å². The van der Waals surface area contributed by atoms with Gasteiger partial charge in [-0.1, -0.05) is 49.7 Å². The fraction of sp³-hybridized carbons (Fsp3) is 0.333. The lowest BCUT2D eigenvalue weighted by molar-refractivity contribution is -0.190. The maximum Gasteiger partial charge on any atom is 0.201 e. The second-order valence-electron chi connectivity index (χ2n) is 8.07. The highest BCUT2D eigenvalue weighted by Gasteiger charge is 2.25. The second kappa shape index (κ2) is 10.4. The SMILES string of the molecule is CCCC1OCC(c2ccc(-c3ccc(-c4ccc(OCC)c(F)c4F)cc3)cc2F)CO1. The van der Waals surface area contributed by atoms with E-state index in [1.807, 2.05) is 6.07 Å². The summed E-state index contributed by atoms with van der Waals surface area (Å²) in [5.41, 5.74) is 2.70. The van der Waals surface area contributed by atoms with E-state index in [1.54, 1.807) is 37.3 Å². The molecule has 3 aromatic carbocycles. The molecule has 1 aliphatic rings. The topological polar surface area (TPSA) is 27.7 Å². The highest BCUT2D eigenvalue weighted by Crippen LogP contribution is 2.33. The molecule has 6 heteroatoms. The number of halogens is 3. The third-order valence-electron chi connectivity index (χ3n) is 5.81. The summed E-state index contributed by atoms with van der Waals surface area (Å²) in [5.74, 6) is -2.54. The lowest BCUT2D eigenvalue weighted by atomic mass is 9.95. The van der Waals surface area contributed by atoms with Crippen LogP contribution < -0.4 is 4.74 Å². The van der Waals surface area contributed by atoms with Crippen LogP contribution in [0.4, 0.5) is 13.2 Å². The summed E-state index contributed by atoms with van der Waals surface area (Å²) in [7, 11) is 0. The molecule has 1 saturated heterocycles. The van der Waals surface area contributed by atoms with E-state index in [4.69, 9.17) is 14.2 Å². The normalized spacial score (nSPS) is 18.3. The fourth-order valence-electron chi connectivity index (χ4n) is 4.03. The van der Waals surface area contributed by atoms with Crippen molar-refractivity contribution in [3.05, 3.63) is 77.6 Å². The van der Waals surface area contributed by atoms with Crippen molar-refractivity contribution in [3.8, 4) is 28.0 Å². The van der Waals surface area contributed by atoms with Crippen LogP contribution in [0.3, 0.4) is 0 Å². The van der Waals surface area contributed by atoms with E-state index < -0.39 is 11.6 Å². The van der Waals surface area contributed by atoms with Crippen molar-refractivity contribution in [1.82, 2.24) is 0 Å². The van der Waals surface area contributed by atoms with Crippen molar-refractivity contribution < 1.29 is 27.4 Å². The molecule has 33 heavy (non-hydrogen) atoms. The number of rotatable bonds is 7. The Balaban J connectivity index is 1.51. The molecule has 1 aliphatic heterocycles. The van der Waals surface area contributed by atoms with Gasteiger partial charge in [-0.15, -0.1) is 0 Å². The Morgan fingerprint density at radius 2 is 1.48 bits per heavy atom. The molecule has 0 spiro atoms. The van der Waals surface area contributed by atoms with Crippen LogP contribution in [0.2, 0.25) is 0 Å².